The molecule has 0 saturated heterocycles. The third-order valence-electron chi connectivity index (χ3n) is 3.92. The summed E-state index contributed by atoms with van der Waals surface area (Å²) in [6, 6.07) is 15.5. The first-order valence-electron chi connectivity index (χ1n) is 8.34. The molecule has 0 unspecified atom stereocenters. The number of hydrogen-bond acceptors (Lipinski definition) is 5. The van der Waals surface area contributed by atoms with Gasteiger partial charge in [0.2, 0.25) is 0 Å². The number of methoxy groups -OCH3 is 1. The van der Waals surface area contributed by atoms with Crippen LogP contribution in [0.1, 0.15) is 20.7 Å². The molecule has 0 heterocycles. The van der Waals surface area contributed by atoms with Gasteiger partial charge in [-0.1, -0.05) is 41.4 Å². The summed E-state index contributed by atoms with van der Waals surface area (Å²) in [6.45, 7) is 0. The fraction of sp³-hybridized carbons (Fsp3) is 0.0476. The van der Waals surface area contributed by atoms with Gasteiger partial charge in [-0.15, -0.1) is 0 Å². The van der Waals surface area contributed by atoms with E-state index in [9.17, 15) is 14.7 Å². The maximum Gasteiger partial charge on any atom is 0.347 e. The zero-order chi connectivity index (χ0) is 21.0. The van der Waals surface area contributed by atoms with Crippen LogP contribution in [-0.2, 0) is 0 Å². The van der Waals surface area contributed by atoms with Gasteiger partial charge in [0.15, 0.2) is 5.75 Å². The van der Waals surface area contributed by atoms with Gasteiger partial charge in [-0.05, 0) is 36.4 Å². The lowest BCUT2D eigenvalue weighted by Gasteiger charge is -2.13. The highest BCUT2D eigenvalue weighted by molar-refractivity contribution is 6.37. The van der Waals surface area contributed by atoms with Crippen LogP contribution >= 0.6 is 23.2 Å². The number of phenols is 1. The third-order valence-corrected chi connectivity index (χ3v) is 4.53. The van der Waals surface area contributed by atoms with Gasteiger partial charge in [0.1, 0.15) is 22.6 Å². The molecule has 29 heavy (non-hydrogen) atoms. The normalized spacial score (nSPS) is 10.3. The number of benzene rings is 3. The van der Waals surface area contributed by atoms with E-state index in [1.165, 1.54) is 37.4 Å². The molecule has 3 aromatic carbocycles. The molecule has 0 radical (unpaired) electrons. The third kappa shape index (κ3) is 4.62. The Labute approximate surface area is 176 Å². The van der Waals surface area contributed by atoms with Crippen molar-refractivity contribution in [1.82, 2.24) is 0 Å². The van der Waals surface area contributed by atoms with Crippen LogP contribution in [-0.4, -0.2) is 24.1 Å². The molecule has 148 valence electrons. The molecule has 0 saturated carbocycles. The molecule has 8 heteroatoms. The molecule has 3 aromatic rings. The van der Waals surface area contributed by atoms with Crippen molar-refractivity contribution >= 4 is 40.8 Å². The smallest absolute Gasteiger partial charge is 0.347 e. The average Bonchev–Trinajstić information content (AvgIpc) is 2.70. The van der Waals surface area contributed by atoms with Crippen molar-refractivity contribution in [2.75, 3.05) is 12.4 Å². The topological polar surface area (TPSA) is 84.9 Å². The Balaban J connectivity index is 1.80. The van der Waals surface area contributed by atoms with Crippen LogP contribution < -0.4 is 14.8 Å². The molecule has 0 aromatic heterocycles. The lowest BCUT2D eigenvalue weighted by atomic mass is 10.1. The van der Waals surface area contributed by atoms with Gasteiger partial charge in [-0.25, -0.2) is 4.79 Å². The first-order chi connectivity index (χ1) is 13.9. The highest BCUT2D eigenvalue weighted by atomic mass is 35.5. The Hall–Kier alpha value is -3.22. The number of esters is 1. The number of halogens is 2. The predicted octanol–water partition coefficient (Wildman–Crippen LogP) is 5.18. The zero-order valence-corrected chi connectivity index (χ0v) is 16.6. The van der Waals surface area contributed by atoms with Crippen LogP contribution in [0, 0.1) is 0 Å². The maximum atomic E-state index is 12.6. The molecule has 0 aliphatic carbocycles. The molecule has 1 amide bonds. The van der Waals surface area contributed by atoms with E-state index in [2.05, 4.69) is 5.32 Å². The summed E-state index contributed by atoms with van der Waals surface area (Å²) < 4.78 is 10.4. The first kappa shape index (κ1) is 20.5. The van der Waals surface area contributed by atoms with Crippen molar-refractivity contribution < 1.29 is 24.2 Å². The van der Waals surface area contributed by atoms with Crippen LogP contribution in [0.5, 0.6) is 17.2 Å². The fourth-order valence-corrected chi connectivity index (χ4v) is 3.04. The molecule has 3 rings (SSSR count). The van der Waals surface area contributed by atoms with E-state index in [1.807, 2.05) is 0 Å². The number of hydrogen-bond donors (Lipinski definition) is 2. The SMILES string of the molecule is COc1c(Cl)ccc(Cl)c1C(=O)Nc1ccc(C(=O)Oc2ccccc2)c(O)c1. The highest BCUT2D eigenvalue weighted by Crippen LogP contribution is 2.34. The molecule has 0 aliphatic rings. The molecular weight excluding hydrogens is 417 g/mol. The number of nitrogens with one attached hydrogen (secondary N) is 1. The van der Waals surface area contributed by atoms with Gasteiger partial charge in [-0.2, -0.15) is 0 Å². The summed E-state index contributed by atoms with van der Waals surface area (Å²) in [5.74, 6) is -1.20. The number of carbonyl (C=O) groups is 2. The second-order valence-electron chi connectivity index (χ2n) is 5.83. The Morgan fingerprint density at radius 1 is 0.966 bits per heavy atom. The van der Waals surface area contributed by atoms with E-state index in [-0.39, 0.29) is 38.4 Å². The van der Waals surface area contributed by atoms with Crippen molar-refractivity contribution in [2.24, 2.45) is 0 Å². The van der Waals surface area contributed by atoms with E-state index in [0.717, 1.165) is 0 Å². The molecule has 0 aliphatic heterocycles. The highest BCUT2D eigenvalue weighted by Gasteiger charge is 2.21. The van der Waals surface area contributed by atoms with Crippen LogP contribution in [0.2, 0.25) is 10.0 Å². The zero-order valence-electron chi connectivity index (χ0n) is 15.1. The summed E-state index contributed by atoms with van der Waals surface area (Å²) in [7, 11) is 1.37. The standard InChI is InChI=1S/C21H15Cl2NO5/c1-28-19-16(23)10-9-15(22)18(19)20(26)24-12-7-8-14(17(25)11-12)21(27)29-13-5-3-2-4-6-13/h2-11,25H,1H3,(H,24,26). The molecule has 6 nitrogen and oxygen atoms in total. The summed E-state index contributed by atoms with van der Waals surface area (Å²) in [5.41, 5.74) is 0.237. The van der Waals surface area contributed by atoms with Crippen molar-refractivity contribution in [1.29, 1.82) is 0 Å². The maximum absolute atomic E-state index is 12.6. The fourth-order valence-electron chi connectivity index (χ4n) is 2.57. The van der Waals surface area contributed by atoms with Crippen molar-refractivity contribution in [2.45, 2.75) is 0 Å². The number of ether oxygens (including phenoxy) is 2. The summed E-state index contributed by atoms with van der Waals surface area (Å²) in [4.78, 5) is 24.9. The minimum atomic E-state index is -0.730. The molecular formula is C21H15Cl2NO5. The molecule has 0 spiro atoms. The van der Waals surface area contributed by atoms with Gasteiger partial charge in [-0.3, -0.25) is 4.79 Å². The molecule has 0 fully saturated rings. The van der Waals surface area contributed by atoms with Gasteiger partial charge in [0, 0.05) is 11.8 Å². The van der Waals surface area contributed by atoms with Crippen molar-refractivity contribution in [3.63, 3.8) is 0 Å². The first-order valence-corrected chi connectivity index (χ1v) is 9.10. The number of carbonyl (C=O) groups excluding carboxylic acids is 2. The number of para-hydroxylation sites is 1. The second-order valence-corrected chi connectivity index (χ2v) is 6.64. The number of phenolic OH excluding ortho intramolecular Hbond substituents is 1. The lowest BCUT2D eigenvalue weighted by Crippen LogP contribution is -2.14. The van der Waals surface area contributed by atoms with Gasteiger partial charge < -0.3 is 19.9 Å². The summed E-state index contributed by atoms with van der Waals surface area (Å²) >= 11 is 12.1. The van der Waals surface area contributed by atoms with Gasteiger partial charge in [0.25, 0.3) is 5.91 Å². The van der Waals surface area contributed by atoms with Gasteiger partial charge in [0.05, 0.1) is 17.2 Å². The largest absolute Gasteiger partial charge is 0.507 e. The van der Waals surface area contributed by atoms with E-state index < -0.39 is 11.9 Å². The van der Waals surface area contributed by atoms with Crippen LogP contribution in [0.3, 0.4) is 0 Å². The quantitative estimate of drug-likeness (QED) is 0.429. The van der Waals surface area contributed by atoms with Gasteiger partial charge >= 0.3 is 5.97 Å². The van der Waals surface area contributed by atoms with E-state index >= 15 is 0 Å². The van der Waals surface area contributed by atoms with Crippen LogP contribution in [0.4, 0.5) is 5.69 Å². The Bertz CT molecular complexity index is 1070. The number of aromatic hydroxyl groups is 1. The lowest BCUT2D eigenvalue weighted by molar-refractivity contribution is 0.0731. The monoisotopic (exact) mass is 431 g/mol. The van der Waals surface area contributed by atoms with Crippen LogP contribution in [0.25, 0.3) is 0 Å². The Morgan fingerprint density at radius 3 is 2.31 bits per heavy atom. The molecule has 0 bridgehead atoms. The molecule has 0 atom stereocenters. The summed E-state index contributed by atoms with van der Waals surface area (Å²) in [6.07, 6.45) is 0. The summed E-state index contributed by atoms with van der Waals surface area (Å²) in [5, 5.41) is 13.2. The number of amides is 1. The number of rotatable bonds is 5. The van der Waals surface area contributed by atoms with E-state index in [4.69, 9.17) is 32.7 Å². The van der Waals surface area contributed by atoms with Crippen molar-refractivity contribution in [3.8, 4) is 17.2 Å². The van der Waals surface area contributed by atoms with Crippen LogP contribution in [0.15, 0.2) is 60.7 Å². The average molecular weight is 432 g/mol. The van der Waals surface area contributed by atoms with Crippen molar-refractivity contribution in [3.05, 3.63) is 81.8 Å². The Morgan fingerprint density at radius 2 is 1.66 bits per heavy atom. The van der Waals surface area contributed by atoms with E-state index in [1.54, 1.807) is 30.3 Å². The second kappa shape index (κ2) is 8.86. The predicted molar refractivity (Wildman–Crippen MR) is 110 cm³/mol. The number of anilines is 1. The minimum absolute atomic E-state index is 0.0497. The minimum Gasteiger partial charge on any atom is -0.507 e. The van der Waals surface area contributed by atoms with E-state index in [0.29, 0.717) is 5.75 Å². The molecule has 2 N–H and O–H groups in total. The Kier molecular flexibility index (Phi) is 6.26.